The molecule has 0 radical (unpaired) electrons. The summed E-state index contributed by atoms with van der Waals surface area (Å²) in [6.45, 7) is 11.3. The zero-order valence-electron chi connectivity index (χ0n) is 19.0. The molecule has 2 fully saturated rings. The highest BCUT2D eigenvalue weighted by Crippen LogP contribution is 2.33. The van der Waals surface area contributed by atoms with Crippen LogP contribution in [-0.4, -0.2) is 111 Å². The predicted molar refractivity (Wildman–Crippen MR) is 121 cm³/mol. The number of ether oxygens (including phenoxy) is 2. The summed E-state index contributed by atoms with van der Waals surface area (Å²) in [6.07, 6.45) is 0.768. The number of carbonyl (C=O) groups is 1. The van der Waals surface area contributed by atoms with Crippen LogP contribution < -0.4 is 9.47 Å². The molecule has 0 spiro atoms. The minimum absolute atomic E-state index is 0.139. The van der Waals surface area contributed by atoms with E-state index < -0.39 is 10.0 Å². The molecular formula is C22H34N4O5S. The van der Waals surface area contributed by atoms with Crippen molar-refractivity contribution in [1.29, 1.82) is 0 Å². The van der Waals surface area contributed by atoms with Gasteiger partial charge < -0.3 is 19.3 Å². The highest BCUT2D eigenvalue weighted by Gasteiger charge is 2.34. The van der Waals surface area contributed by atoms with Crippen molar-refractivity contribution >= 4 is 15.9 Å². The fourth-order valence-corrected chi connectivity index (χ4v) is 5.93. The molecule has 3 aliphatic rings. The van der Waals surface area contributed by atoms with Gasteiger partial charge in [-0.3, -0.25) is 9.69 Å². The molecular weight excluding hydrogens is 432 g/mol. The number of hydrogen-bond donors (Lipinski definition) is 0. The number of rotatable bonds is 5. The van der Waals surface area contributed by atoms with Gasteiger partial charge in [-0.1, -0.05) is 6.92 Å². The van der Waals surface area contributed by atoms with Crippen molar-refractivity contribution in [3.63, 3.8) is 0 Å². The summed E-state index contributed by atoms with van der Waals surface area (Å²) < 4.78 is 39.2. The van der Waals surface area contributed by atoms with Gasteiger partial charge in [0.1, 0.15) is 0 Å². The molecule has 1 aromatic carbocycles. The van der Waals surface area contributed by atoms with Crippen LogP contribution in [0.5, 0.6) is 11.5 Å². The van der Waals surface area contributed by atoms with Crippen LogP contribution in [0.25, 0.3) is 0 Å². The van der Waals surface area contributed by atoms with Crippen LogP contribution in [0.4, 0.5) is 0 Å². The second-order valence-electron chi connectivity index (χ2n) is 8.53. The Labute approximate surface area is 190 Å². The second kappa shape index (κ2) is 9.94. The minimum atomic E-state index is -3.64. The maximum atomic E-state index is 13.2. The largest absolute Gasteiger partial charge is 0.490 e. The fraction of sp³-hybridized carbons (Fsp3) is 0.682. The van der Waals surface area contributed by atoms with Gasteiger partial charge in [0, 0.05) is 64.8 Å². The zero-order valence-corrected chi connectivity index (χ0v) is 19.8. The number of sulfonamides is 1. The van der Waals surface area contributed by atoms with E-state index in [0.29, 0.717) is 50.9 Å². The molecule has 0 aliphatic carbocycles. The van der Waals surface area contributed by atoms with Crippen molar-refractivity contribution in [1.82, 2.24) is 19.0 Å². The number of piperazine rings is 2. The third-order valence-electron chi connectivity index (χ3n) is 6.67. The van der Waals surface area contributed by atoms with Crippen molar-refractivity contribution in [2.75, 3.05) is 72.1 Å². The van der Waals surface area contributed by atoms with Crippen LogP contribution in [0.3, 0.4) is 0 Å². The average molecular weight is 467 g/mol. The molecule has 0 N–H and O–H groups in total. The Balaban J connectivity index is 1.35. The van der Waals surface area contributed by atoms with Crippen LogP contribution in [0, 0.1) is 0 Å². The third kappa shape index (κ3) is 4.88. The number of nitrogens with zero attached hydrogens (tertiary/aromatic N) is 4. The maximum Gasteiger partial charge on any atom is 0.243 e. The number of benzene rings is 1. The summed E-state index contributed by atoms with van der Waals surface area (Å²) in [5.74, 6) is 1.20. The minimum Gasteiger partial charge on any atom is -0.490 e. The molecule has 0 unspecified atom stereocenters. The molecule has 3 heterocycles. The number of fused-ring (bicyclic) bond motifs is 1. The summed E-state index contributed by atoms with van der Waals surface area (Å²) in [5, 5.41) is 0. The van der Waals surface area contributed by atoms with E-state index in [0.717, 1.165) is 39.1 Å². The molecule has 1 amide bonds. The third-order valence-corrected chi connectivity index (χ3v) is 8.56. The van der Waals surface area contributed by atoms with Crippen LogP contribution in [0.15, 0.2) is 23.1 Å². The Morgan fingerprint density at radius 2 is 1.62 bits per heavy atom. The molecule has 0 aromatic heterocycles. The van der Waals surface area contributed by atoms with Crippen LogP contribution in [0.2, 0.25) is 0 Å². The molecule has 0 bridgehead atoms. The summed E-state index contributed by atoms with van der Waals surface area (Å²) >= 11 is 0. The van der Waals surface area contributed by atoms with Gasteiger partial charge in [-0.15, -0.1) is 0 Å². The van der Waals surface area contributed by atoms with Gasteiger partial charge in [0.25, 0.3) is 0 Å². The first-order chi connectivity index (χ1) is 15.4. The Morgan fingerprint density at radius 1 is 0.969 bits per heavy atom. The molecule has 178 valence electrons. The summed E-state index contributed by atoms with van der Waals surface area (Å²) in [4.78, 5) is 19.6. The van der Waals surface area contributed by atoms with E-state index in [1.807, 2.05) is 11.8 Å². The molecule has 1 atom stereocenters. The van der Waals surface area contributed by atoms with E-state index in [-0.39, 0.29) is 16.8 Å². The topological polar surface area (TPSA) is 82.6 Å². The van der Waals surface area contributed by atoms with Crippen LogP contribution >= 0.6 is 0 Å². The molecule has 10 heteroatoms. The van der Waals surface area contributed by atoms with Gasteiger partial charge in [-0.05, 0) is 25.6 Å². The molecule has 3 aliphatic heterocycles. The zero-order chi connectivity index (χ0) is 22.7. The molecule has 9 nitrogen and oxygen atoms in total. The van der Waals surface area contributed by atoms with Crippen molar-refractivity contribution in [3.8, 4) is 11.5 Å². The predicted octanol–water partition coefficient (Wildman–Crippen LogP) is 0.707. The molecule has 32 heavy (non-hydrogen) atoms. The van der Waals surface area contributed by atoms with Gasteiger partial charge >= 0.3 is 0 Å². The first kappa shape index (κ1) is 23.3. The van der Waals surface area contributed by atoms with Gasteiger partial charge in [0.2, 0.25) is 15.9 Å². The lowest BCUT2D eigenvalue weighted by Crippen LogP contribution is -2.57. The molecule has 2 saturated heterocycles. The van der Waals surface area contributed by atoms with Crippen molar-refractivity contribution < 1.29 is 22.7 Å². The van der Waals surface area contributed by atoms with E-state index in [1.165, 1.54) is 4.31 Å². The van der Waals surface area contributed by atoms with Gasteiger partial charge in [-0.2, -0.15) is 4.31 Å². The van der Waals surface area contributed by atoms with Gasteiger partial charge in [0.15, 0.2) is 11.5 Å². The van der Waals surface area contributed by atoms with Crippen molar-refractivity contribution in [2.45, 2.75) is 31.2 Å². The summed E-state index contributed by atoms with van der Waals surface area (Å²) in [5.41, 5.74) is 0. The molecule has 0 saturated carbocycles. The first-order valence-electron chi connectivity index (χ1n) is 11.5. The number of hydrogen-bond acceptors (Lipinski definition) is 7. The van der Waals surface area contributed by atoms with Gasteiger partial charge in [-0.25, -0.2) is 8.42 Å². The first-order valence-corrected chi connectivity index (χ1v) is 13.0. The van der Waals surface area contributed by atoms with Crippen molar-refractivity contribution in [3.05, 3.63) is 18.2 Å². The quantitative estimate of drug-likeness (QED) is 0.632. The van der Waals surface area contributed by atoms with E-state index >= 15 is 0 Å². The normalized spacial score (nSPS) is 22.4. The lowest BCUT2D eigenvalue weighted by atomic mass is 10.2. The molecule has 4 rings (SSSR count). The monoisotopic (exact) mass is 466 g/mol. The highest BCUT2D eigenvalue weighted by molar-refractivity contribution is 7.89. The number of likely N-dealkylation sites (N-methyl/N-ethyl adjacent to an activating group) is 1. The fourth-order valence-electron chi connectivity index (χ4n) is 4.49. The average Bonchev–Trinajstić information content (AvgIpc) is 3.08. The lowest BCUT2D eigenvalue weighted by Gasteiger charge is -2.40. The second-order valence-corrected chi connectivity index (χ2v) is 10.5. The van der Waals surface area contributed by atoms with E-state index in [9.17, 15) is 13.2 Å². The Morgan fingerprint density at radius 3 is 2.28 bits per heavy atom. The SMILES string of the molecule is CCN1CCN(C(=O)[C@@H](C)N2CCN(S(=O)(=O)c3ccc4c(c3)OCCCO4)CC2)CC1. The van der Waals surface area contributed by atoms with E-state index in [2.05, 4.69) is 16.7 Å². The van der Waals surface area contributed by atoms with Crippen molar-refractivity contribution in [2.24, 2.45) is 0 Å². The molecule has 1 aromatic rings. The maximum absolute atomic E-state index is 13.2. The van der Waals surface area contributed by atoms with Gasteiger partial charge in [0.05, 0.1) is 24.2 Å². The Bertz CT molecular complexity index is 909. The van der Waals surface area contributed by atoms with Crippen LogP contribution in [0.1, 0.15) is 20.3 Å². The van der Waals surface area contributed by atoms with E-state index in [4.69, 9.17) is 9.47 Å². The Kier molecular flexibility index (Phi) is 7.24. The van der Waals surface area contributed by atoms with Crippen LogP contribution in [-0.2, 0) is 14.8 Å². The number of amides is 1. The standard InChI is InChI=1S/C22H34N4O5S/c1-3-23-7-9-25(10-8-23)22(27)18(2)24-11-13-26(14-12-24)32(28,29)19-5-6-20-21(17-19)31-16-4-15-30-20/h5-6,17-18H,3-4,7-16H2,1-2H3/t18-/m1/s1. The van der Waals surface area contributed by atoms with E-state index in [1.54, 1.807) is 18.2 Å². The highest BCUT2D eigenvalue weighted by atomic mass is 32.2. The number of carbonyl (C=O) groups excluding carboxylic acids is 1. The summed E-state index contributed by atoms with van der Waals surface area (Å²) in [6, 6.07) is 4.57. The summed E-state index contributed by atoms with van der Waals surface area (Å²) in [7, 11) is -3.64. The Hall–Kier alpha value is -1.88. The smallest absolute Gasteiger partial charge is 0.243 e. The lowest BCUT2D eigenvalue weighted by molar-refractivity contribution is -0.138.